The molecule has 0 saturated carbocycles. The van der Waals surface area contributed by atoms with Crippen molar-refractivity contribution in [2.75, 3.05) is 24.6 Å². The van der Waals surface area contributed by atoms with Gasteiger partial charge >= 0.3 is 0 Å². The van der Waals surface area contributed by atoms with Gasteiger partial charge in [-0.1, -0.05) is 20.8 Å². The van der Waals surface area contributed by atoms with Crippen LogP contribution in [0.15, 0.2) is 0 Å². The lowest BCUT2D eigenvalue weighted by Gasteiger charge is -2.51. The minimum atomic E-state index is 0.329. The Morgan fingerprint density at radius 1 is 1.33 bits per heavy atom. The van der Waals surface area contributed by atoms with Gasteiger partial charge in [-0.25, -0.2) is 0 Å². The highest BCUT2D eigenvalue weighted by atomic mass is 32.2. The fourth-order valence-electron chi connectivity index (χ4n) is 3.32. The van der Waals surface area contributed by atoms with Crippen LogP contribution in [-0.4, -0.2) is 47.1 Å². The van der Waals surface area contributed by atoms with Crippen molar-refractivity contribution in [2.45, 2.75) is 64.6 Å². The number of nitrogens with zero attached hydrogens (tertiary/aromatic N) is 1. The maximum absolute atomic E-state index is 3.80. The van der Waals surface area contributed by atoms with E-state index >= 15 is 0 Å². The Hall–Kier alpha value is 0.270. The molecule has 0 aromatic rings. The van der Waals surface area contributed by atoms with Crippen molar-refractivity contribution in [2.24, 2.45) is 5.92 Å². The molecule has 2 heterocycles. The van der Waals surface area contributed by atoms with E-state index < -0.39 is 0 Å². The van der Waals surface area contributed by atoms with Crippen LogP contribution in [0.3, 0.4) is 0 Å². The first-order chi connectivity index (χ1) is 8.56. The zero-order valence-electron chi connectivity index (χ0n) is 12.5. The van der Waals surface area contributed by atoms with Crippen LogP contribution in [0.5, 0.6) is 0 Å². The number of hydrogen-bond acceptors (Lipinski definition) is 3. The van der Waals surface area contributed by atoms with Crippen molar-refractivity contribution in [3.8, 4) is 0 Å². The molecule has 0 aromatic heterocycles. The predicted octanol–water partition coefficient (Wildman–Crippen LogP) is 2.98. The minimum absolute atomic E-state index is 0.329. The molecule has 106 valence electrons. The average molecular weight is 270 g/mol. The van der Waals surface area contributed by atoms with Gasteiger partial charge in [0.05, 0.1) is 0 Å². The van der Waals surface area contributed by atoms with E-state index in [1.165, 1.54) is 43.9 Å². The average Bonchev–Trinajstić information content (AvgIpc) is 2.39. The van der Waals surface area contributed by atoms with Gasteiger partial charge in [0.25, 0.3) is 0 Å². The van der Waals surface area contributed by atoms with Gasteiger partial charge in [-0.05, 0) is 43.6 Å². The third kappa shape index (κ3) is 3.23. The van der Waals surface area contributed by atoms with Crippen LogP contribution in [0.4, 0.5) is 0 Å². The maximum atomic E-state index is 3.80. The summed E-state index contributed by atoms with van der Waals surface area (Å²) in [5, 5.41) is 3.80. The van der Waals surface area contributed by atoms with Gasteiger partial charge < -0.3 is 5.32 Å². The summed E-state index contributed by atoms with van der Waals surface area (Å²) in [5.74, 6) is 3.48. The molecule has 2 rings (SSSR count). The van der Waals surface area contributed by atoms with Crippen molar-refractivity contribution >= 4 is 11.8 Å². The van der Waals surface area contributed by atoms with Crippen LogP contribution in [-0.2, 0) is 0 Å². The first-order valence-electron chi connectivity index (χ1n) is 7.64. The number of piperazine rings is 1. The lowest BCUT2D eigenvalue weighted by Crippen LogP contribution is -2.66. The Morgan fingerprint density at radius 2 is 2.00 bits per heavy atom. The standard InChI is InChI=1S/C15H30N2S/c1-5-15(4)11-17(13-6-8-18-9-7-13)14(10-16-15)12(2)3/h12-14,16H,5-11H2,1-4H3. The fraction of sp³-hybridized carbons (Fsp3) is 1.00. The summed E-state index contributed by atoms with van der Waals surface area (Å²) in [6.07, 6.45) is 4.02. The smallest absolute Gasteiger partial charge is 0.0278 e. The maximum Gasteiger partial charge on any atom is 0.0278 e. The van der Waals surface area contributed by atoms with Crippen molar-refractivity contribution in [1.82, 2.24) is 10.2 Å². The number of rotatable bonds is 3. The van der Waals surface area contributed by atoms with Crippen molar-refractivity contribution in [1.29, 1.82) is 0 Å². The van der Waals surface area contributed by atoms with Gasteiger partial charge in [0.15, 0.2) is 0 Å². The zero-order chi connectivity index (χ0) is 13.2. The van der Waals surface area contributed by atoms with Crippen LogP contribution in [0, 0.1) is 5.92 Å². The highest BCUT2D eigenvalue weighted by Gasteiger charge is 2.39. The van der Waals surface area contributed by atoms with E-state index in [9.17, 15) is 0 Å². The number of thioether (sulfide) groups is 1. The monoisotopic (exact) mass is 270 g/mol. The van der Waals surface area contributed by atoms with Gasteiger partial charge in [0.1, 0.15) is 0 Å². The van der Waals surface area contributed by atoms with E-state index in [0.717, 1.165) is 18.0 Å². The quantitative estimate of drug-likeness (QED) is 0.849. The minimum Gasteiger partial charge on any atom is -0.309 e. The van der Waals surface area contributed by atoms with E-state index in [0.29, 0.717) is 5.54 Å². The fourth-order valence-corrected chi connectivity index (χ4v) is 4.40. The summed E-state index contributed by atoms with van der Waals surface area (Å²) >= 11 is 2.14. The van der Waals surface area contributed by atoms with Crippen LogP contribution in [0.1, 0.15) is 47.0 Å². The van der Waals surface area contributed by atoms with Crippen LogP contribution in [0.25, 0.3) is 0 Å². The molecular formula is C15H30N2S. The zero-order valence-corrected chi connectivity index (χ0v) is 13.4. The summed E-state index contributed by atoms with van der Waals surface area (Å²) in [7, 11) is 0. The SMILES string of the molecule is CCC1(C)CN(C2CCSCC2)C(C(C)C)CN1. The molecule has 2 fully saturated rings. The Balaban J connectivity index is 2.08. The van der Waals surface area contributed by atoms with Gasteiger partial charge in [0.2, 0.25) is 0 Å². The molecule has 0 aromatic carbocycles. The molecule has 0 amide bonds. The van der Waals surface area contributed by atoms with Gasteiger partial charge in [-0.15, -0.1) is 0 Å². The molecule has 0 aliphatic carbocycles. The lowest BCUT2D eigenvalue weighted by atomic mass is 9.88. The molecule has 2 aliphatic rings. The largest absolute Gasteiger partial charge is 0.309 e. The molecule has 2 aliphatic heterocycles. The van der Waals surface area contributed by atoms with Gasteiger partial charge in [0, 0.05) is 30.7 Å². The first kappa shape index (κ1) is 14.7. The summed E-state index contributed by atoms with van der Waals surface area (Å²) in [6, 6.07) is 1.57. The predicted molar refractivity (Wildman–Crippen MR) is 82.4 cm³/mol. The molecule has 0 bridgehead atoms. The molecular weight excluding hydrogens is 240 g/mol. The third-order valence-electron chi connectivity index (χ3n) is 4.91. The summed E-state index contributed by atoms with van der Waals surface area (Å²) in [5.41, 5.74) is 0.329. The first-order valence-corrected chi connectivity index (χ1v) is 8.80. The van der Waals surface area contributed by atoms with E-state index in [4.69, 9.17) is 0 Å². The normalized spacial score (nSPS) is 36.2. The molecule has 2 saturated heterocycles. The van der Waals surface area contributed by atoms with Gasteiger partial charge in [-0.3, -0.25) is 4.90 Å². The summed E-state index contributed by atoms with van der Waals surface area (Å²) < 4.78 is 0. The topological polar surface area (TPSA) is 15.3 Å². The van der Waals surface area contributed by atoms with Crippen LogP contribution < -0.4 is 5.32 Å². The summed E-state index contributed by atoms with van der Waals surface area (Å²) in [6.45, 7) is 11.9. The Bertz CT molecular complexity index is 263. The van der Waals surface area contributed by atoms with Crippen LogP contribution >= 0.6 is 11.8 Å². The Morgan fingerprint density at radius 3 is 2.56 bits per heavy atom. The van der Waals surface area contributed by atoms with Crippen LogP contribution in [0.2, 0.25) is 0 Å². The van der Waals surface area contributed by atoms with E-state index in [1.807, 2.05) is 0 Å². The van der Waals surface area contributed by atoms with E-state index in [1.54, 1.807) is 0 Å². The highest BCUT2D eigenvalue weighted by Crippen LogP contribution is 2.30. The van der Waals surface area contributed by atoms with E-state index in [2.05, 4.69) is 49.7 Å². The molecule has 2 unspecified atom stereocenters. The number of nitrogens with one attached hydrogen (secondary N) is 1. The van der Waals surface area contributed by atoms with Gasteiger partial charge in [-0.2, -0.15) is 11.8 Å². The second-order valence-electron chi connectivity index (χ2n) is 6.62. The Kier molecular flexibility index (Phi) is 5.01. The summed E-state index contributed by atoms with van der Waals surface area (Å²) in [4.78, 5) is 2.85. The second-order valence-corrected chi connectivity index (χ2v) is 7.85. The third-order valence-corrected chi connectivity index (χ3v) is 5.95. The molecule has 3 heteroatoms. The molecule has 1 N–H and O–H groups in total. The molecule has 0 spiro atoms. The highest BCUT2D eigenvalue weighted by molar-refractivity contribution is 7.99. The van der Waals surface area contributed by atoms with Crippen molar-refractivity contribution < 1.29 is 0 Å². The van der Waals surface area contributed by atoms with Crippen molar-refractivity contribution in [3.63, 3.8) is 0 Å². The molecule has 0 radical (unpaired) electrons. The van der Waals surface area contributed by atoms with Crippen molar-refractivity contribution in [3.05, 3.63) is 0 Å². The lowest BCUT2D eigenvalue weighted by molar-refractivity contribution is 0.0215. The molecule has 2 atom stereocenters. The Labute approximate surface area is 117 Å². The molecule has 18 heavy (non-hydrogen) atoms. The van der Waals surface area contributed by atoms with E-state index in [-0.39, 0.29) is 0 Å². The molecule has 2 nitrogen and oxygen atoms in total. The number of hydrogen-bond donors (Lipinski definition) is 1. The second kappa shape index (κ2) is 6.15.